The maximum absolute atomic E-state index is 13.1. The van der Waals surface area contributed by atoms with Gasteiger partial charge in [0.15, 0.2) is 5.82 Å². The summed E-state index contributed by atoms with van der Waals surface area (Å²) < 4.78 is 0. The summed E-state index contributed by atoms with van der Waals surface area (Å²) in [5, 5.41) is 2.84. The molecule has 0 unspecified atom stereocenters. The van der Waals surface area contributed by atoms with Gasteiger partial charge in [0.2, 0.25) is 5.91 Å². The molecule has 3 rings (SSSR count). The van der Waals surface area contributed by atoms with Gasteiger partial charge in [0.25, 0.3) is 5.91 Å². The molecule has 144 valence electrons. The van der Waals surface area contributed by atoms with E-state index in [1.165, 1.54) is 4.90 Å². The van der Waals surface area contributed by atoms with Crippen molar-refractivity contribution in [3.63, 3.8) is 0 Å². The molecule has 0 saturated heterocycles. The van der Waals surface area contributed by atoms with Crippen molar-refractivity contribution >= 4 is 29.0 Å². The van der Waals surface area contributed by atoms with Crippen LogP contribution in [0.2, 0.25) is 0 Å². The number of carbonyl (C=O) groups is 2. The Morgan fingerprint density at radius 1 is 1.14 bits per heavy atom. The van der Waals surface area contributed by atoms with Gasteiger partial charge in [-0.25, -0.2) is 4.98 Å². The maximum atomic E-state index is 13.1. The third kappa shape index (κ3) is 4.21. The van der Waals surface area contributed by atoms with Crippen molar-refractivity contribution < 1.29 is 9.59 Å². The molecule has 1 aliphatic rings. The highest BCUT2D eigenvalue weighted by atomic mass is 16.2. The molecule has 0 fully saturated rings. The Balaban J connectivity index is 1.82. The van der Waals surface area contributed by atoms with Gasteiger partial charge in [0.1, 0.15) is 0 Å². The van der Waals surface area contributed by atoms with Gasteiger partial charge in [-0.3, -0.25) is 19.4 Å². The van der Waals surface area contributed by atoms with Crippen LogP contribution in [0.4, 0.5) is 17.2 Å². The number of para-hydroxylation sites is 1. The number of rotatable bonds is 5. The highest BCUT2D eigenvalue weighted by Crippen LogP contribution is 2.36. The lowest BCUT2D eigenvalue weighted by atomic mass is 10.1. The largest absolute Gasteiger partial charge is 0.319 e. The Morgan fingerprint density at radius 2 is 1.93 bits per heavy atom. The minimum Gasteiger partial charge on any atom is -0.319 e. The fourth-order valence-corrected chi connectivity index (χ4v) is 3.07. The van der Waals surface area contributed by atoms with Crippen molar-refractivity contribution in [2.45, 2.75) is 26.7 Å². The van der Waals surface area contributed by atoms with Gasteiger partial charge < -0.3 is 5.32 Å². The van der Waals surface area contributed by atoms with Crippen LogP contribution in [0.3, 0.4) is 0 Å². The third-order valence-corrected chi connectivity index (χ3v) is 4.67. The van der Waals surface area contributed by atoms with Crippen LogP contribution in [0.5, 0.6) is 0 Å². The number of benzene rings is 1. The Hall–Kier alpha value is -3.17. The first kappa shape index (κ1) is 19.6. The molecular weight excluding hydrogens is 352 g/mol. The van der Waals surface area contributed by atoms with Gasteiger partial charge in [-0.15, -0.1) is 5.92 Å². The zero-order valence-electron chi connectivity index (χ0n) is 16.2. The van der Waals surface area contributed by atoms with Crippen molar-refractivity contribution in [1.29, 1.82) is 0 Å². The first-order valence-electron chi connectivity index (χ1n) is 9.52. The Bertz CT molecular complexity index is 925. The van der Waals surface area contributed by atoms with Gasteiger partial charge in [0, 0.05) is 19.0 Å². The van der Waals surface area contributed by atoms with Gasteiger partial charge in [-0.2, -0.15) is 0 Å². The highest BCUT2D eigenvalue weighted by molar-refractivity contribution is 6.17. The fourth-order valence-electron chi connectivity index (χ4n) is 3.07. The topological polar surface area (TPSA) is 65.5 Å². The molecule has 1 aromatic heterocycles. The minimum atomic E-state index is -0.251. The Kier molecular flexibility index (Phi) is 6.41. The number of carbonyl (C=O) groups excluding carboxylic acids is 2. The normalized spacial score (nSPS) is 12.4. The molecule has 2 heterocycles. The molecule has 0 radical (unpaired) electrons. The zero-order valence-corrected chi connectivity index (χ0v) is 16.2. The maximum Gasteiger partial charge on any atom is 0.257 e. The van der Waals surface area contributed by atoms with Crippen molar-refractivity contribution in [2.24, 2.45) is 0 Å². The van der Waals surface area contributed by atoms with Crippen molar-refractivity contribution in [3.05, 3.63) is 48.2 Å². The SMILES string of the molecule is CCN(CC)CC#CCCC(=O)N1c2ccccc2C(=O)Nc2cccnc21. The number of hydrogen-bond acceptors (Lipinski definition) is 4. The first-order chi connectivity index (χ1) is 13.7. The van der Waals surface area contributed by atoms with E-state index in [4.69, 9.17) is 0 Å². The summed E-state index contributed by atoms with van der Waals surface area (Å²) in [6, 6.07) is 10.5. The van der Waals surface area contributed by atoms with Crippen molar-refractivity contribution in [3.8, 4) is 11.8 Å². The Morgan fingerprint density at radius 3 is 2.71 bits per heavy atom. The molecule has 28 heavy (non-hydrogen) atoms. The van der Waals surface area contributed by atoms with Crippen molar-refractivity contribution in [1.82, 2.24) is 9.88 Å². The van der Waals surface area contributed by atoms with E-state index in [9.17, 15) is 9.59 Å². The number of nitrogens with zero attached hydrogens (tertiary/aromatic N) is 3. The summed E-state index contributed by atoms with van der Waals surface area (Å²) in [6.07, 6.45) is 2.33. The molecule has 0 spiro atoms. The van der Waals surface area contributed by atoms with E-state index in [-0.39, 0.29) is 18.2 Å². The monoisotopic (exact) mass is 376 g/mol. The number of fused-ring (bicyclic) bond motifs is 2. The quantitative estimate of drug-likeness (QED) is 0.812. The highest BCUT2D eigenvalue weighted by Gasteiger charge is 2.29. The van der Waals surface area contributed by atoms with Gasteiger partial charge in [0.05, 0.1) is 23.5 Å². The summed E-state index contributed by atoms with van der Waals surface area (Å²) in [7, 11) is 0. The molecule has 0 saturated carbocycles. The lowest BCUT2D eigenvalue weighted by molar-refractivity contribution is -0.117. The molecule has 2 amide bonds. The van der Waals surface area contributed by atoms with E-state index in [0.717, 1.165) is 13.1 Å². The molecule has 1 aromatic carbocycles. The molecule has 6 heteroatoms. The van der Waals surface area contributed by atoms with E-state index < -0.39 is 0 Å². The van der Waals surface area contributed by atoms with E-state index >= 15 is 0 Å². The van der Waals surface area contributed by atoms with Crippen LogP contribution in [0.15, 0.2) is 42.6 Å². The summed E-state index contributed by atoms with van der Waals surface area (Å²) in [6.45, 7) is 6.82. The zero-order chi connectivity index (χ0) is 19.9. The second-order valence-corrected chi connectivity index (χ2v) is 6.39. The standard InChI is InChI=1S/C22H24N4O2/c1-3-25(4-2)16-9-5-6-14-20(27)26-19-13-8-7-11-17(19)22(28)24-18-12-10-15-23-21(18)26/h7-8,10-13,15H,3-4,6,14,16H2,1-2H3,(H,24,28). The minimum absolute atomic E-state index is 0.138. The average Bonchev–Trinajstić information content (AvgIpc) is 2.84. The predicted octanol–water partition coefficient (Wildman–Crippen LogP) is 3.44. The molecule has 6 nitrogen and oxygen atoms in total. The molecular formula is C22H24N4O2. The van der Waals surface area contributed by atoms with Gasteiger partial charge in [-0.1, -0.05) is 31.9 Å². The number of anilines is 3. The summed E-state index contributed by atoms with van der Waals surface area (Å²) in [5.74, 6) is 6.25. The van der Waals surface area contributed by atoms with Crippen LogP contribution >= 0.6 is 0 Å². The van der Waals surface area contributed by atoms with Gasteiger partial charge >= 0.3 is 0 Å². The van der Waals surface area contributed by atoms with Crippen LogP contribution in [-0.4, -0.2) is 41.3 Å². The predicted molar refractivity (Wildman–Crippen MR) is 111 cm³/mol. The molecule has 2 aromatic rings. The molecule has 0 atom stereocenters. The number of pyridine rings is 1. The Labute approximate surface area is 165 Å². The number of amides is 2. The van der Waals surface area contributed by atoms with E-state index in [0.29, 0.717) is 35.7 Å². The van der Waals surface area contributed by atoms with Crippen LogP contribution in [0.1, 0.15) is 37.0 Å². The summed E-state index contributed by atoms with van der Waals surface area (Å²) in [4.78, 5) is 33.7. The van der Waals surface area contributed by atoms with Gasteiger partial charge in [-0.05, 0) is 37.4 Å². The second kappa shape index (κ2) is 9.16. The van der Waals surface area contributed by atoms with Crippen LogP contribution in [-0.2, 0) is 4.79 Å². The van der Waals surface area contributed by atoms with E-state index in [1.807, 2.05) is 6.07 Å². The van der Waals surface area contributed by atoms with E-state index in [2.05, 4.69) is 40.9 Å². The number of hydrogen-bond donors (Lipinski definition) is 1. The van der Waals surface area contributed by atoms with E-state index in [1.54, 1.807) is 36.5 Å². The smallest absolute Gasteiger partial charge is 0.257 e. The molecule has 1 aliphatic heterocycles. The number of aromatic nitrogens is 1. The molecule has 0 aliphatic carbocycles. The summed E-state index contributed by atoms with van der Waals surface area (Å²) >= 11 is 0. The lowest BCUT2D eigenvalue weighted by Gasteiger charge is -2.22. The first-order valence-corrected chi connectivity index (χ1v) is 9.52. The number of nitrogens with one attached hydrogen (secondary N) is 1. The fraction of sp³-hybridized carbons (Fsp3) is 0.318. The van der Waals surface area contributed by atoms with Crippen LogP contribution in [0, 0.1) is 11.8 Å². The average molecular weight is 376 g/mol. The molecule has 0 bridgehead atoms. The molecule has 1 N–H and O–H groups in total. The third-order valence-electron chi connectivity index (χ3n) is 4.67. The van der Waals surface area contributed by atoms with Crippen LogP contribution < -0.4 is 10.2 Å². The summed E-state index contributed by atoms with van der Waals surface area (Å²) in [5.41, 5.74) is 1.50. The second-order valence-electron chi connectivity index (χ2n) is 6.39. The van der Waals surface area contributed by atoms with Crippen LogP contribution in [0.25, 0.3) is 0 Å². The lowest BCUT2D eigenvalue weighted by Crippen LogP contribution is -2.27. The van der Waals surface area contributed by atoms with Crippen molar-refractivity contribution in [2.75, 3.05) is 29.9 Å².